The number of carbonyl (C=O) groups excluding carboxylic acids is 1. The predicted octanol–water partition coefficient (Wildman–Crippen LogP) is 3.85. The molecular weight excluding hydrogens is 482 g/mol. The molecule has 2 heterocycles. The van der Waals surface area contributed by atoms with Gasteiger partial charge in [0.1, 0.15) is 12.4 Å². The number of nitrogen functional groups attached to an aromatic ring is 1. The molecule has 4 aromatic rings. The van der Waals surface area contributed by atoms with Crippen LogP contribution in [-0.4, -0.2) is 61.3 Å². The lowest BCUT2D eigenvalue weighted by atomic mass is 10.1. The molecule has 1 amide bonds. The molecule has 0 bridgehead atoms. The molecule has 0 radical (unpaired) electrons. The molecule has 9 heteroatoms. The summed E-state index contributed by atoms with van der Waals surface area (Å²) in [5.41, 5.74) is 11.9. The highest BCUT2D eigenvalue weighted by atomic mass is 16.5. The van der Waals surface area contributed by atoms with Crippen molar-refractivity contribution in [1.29, 1.82) is 0 Å². The number of imidazole rings is 1. The fraction of sp³-hybridized carbons (Fsp3) is 0.310. The van der Waals surface area contributed by atoms with Crippen molar-refractivity contribution in [3.8, 4) is 17.2 Å². The van der Waals surface area contributed by atoms with Crippen LogP contribution in [0.4, 0.5) is 11.6 Å². The lowest BCUT2D eigenvalue weighted by Gasteiger charge is -2.32. The first-order valence-corrected chi connectivity index (χ1v) is 12.5. The van der Waals surface area contributed by atoms with Gasteiger partial charge in [-0.1, -0.05) is 12.1 Å². The van der Waals surface area contributed by atoms with Crippen LogP contribution in [0.2, 0.25) is 0 Å². The Balaban J connectivity index is 1.33. The average molecular weight is 516 g/mol. The number of piperazine rings is 1. The van der Waals surface area contributed by atoms with Crippen LogP contribution in [0.15, 0.2) is 54.6 Å². The Kier molecular flexibility index (Phi) is 7.11. The molecule has 5 rings (SSSR count). The summed E-state index contributed by atoms with van der Waals surface area (Å²) in [6.07, 6.45) is 0. The minimum atomic E-state index is 0.0852. The van der Waals surface area contributed by atoms with Crippen LogP contribution in [0.3, 0.4) is 0 Å². The molecule has 0 saturated carbocycles. The van der Waals surface area contributed by atoms with Crippen molar-refractivity contribution in [2.45, 2.75) is 20.1 Å². The van der Waals surface area contributed by atoms with Gasteiger partial charge in [0.15, 0.2) is 11.5 Å². The topological polar surface area (TPSA) is 95.1 Å². The van der Waals surface area contributed by atoms with E-state index in [1.807, 2.05) is 76.9 Å². The van der Waals surface area contributed by atoms with E-state index >= 15 is 0 Å². The van der Waals surface area contributed by atoms with Crippen molar-refractivity contribution in [3.05, 3.63) is 71.3 Å². The predicted molar refractivity (Wildman–Crippen MR) is 148 cm³/mol. The maximum atomic E-state index is 12.5. The Morgan fingerprint density at radius 3 is 2.42 bits per heavy atom. The van der Waals surface area contributed by atoms with Gasteiger partial charge in [-0.15, -0.1) is 0 Å². The van der Waals surface area contributed by atoms with Gasteiger partial charge in [0.05, 0.1) is 38.3 Å². The van der Waals surface area contributed by atoms with Gasteiger partial charge in [0, 0.05) is 18.8 Å². The van der Waals surface area contributed by atoms with E-state index in [9.17, 15) is 4.79 Å². The number of carbonyl (C=O) groups is 1. The molecule has 198 valence electrons. The highest BCUT2D eigenvalue weighted by Gasteiger charge is 2.23. The molecule has 3 aromatic carbocycles. The van der Waals surface area contributed by atoms with Crippen molar-refractivity contribution in [2.24, 2.45) is 0 Å². The van der Waals surface area contributed by atoms with Crippen LogP contribution >= 0.6 is 0 Å². The van der Waals surface area contributed by atoms with Gasteiger partial charge in [-0.2, -0.15) is 0 Å². The number of ether oxygens (including phenoxy) is 3. The zero-order chi connectivity index (χ0) is 26.8. The molecule has 0 aliphatic carbocycles. The van der Waals surface area contributed by atoms with E-state index in [1.54, 1.807) is 14.2 Å². The van der Waals surface area contributed by atoms with Crippen molar-refractivity contribution < 1.29 is 19.0 Å². The van der Waals surface area contributed by atoms with Crippen molar-refractivity contribution in [1.82, 2.24) is 14.5 Å². The number of anilines is 2. The summed E-state index contributed by atoms with van der Waals surface area (Å²) in [5.74, 6) is 2.66. The van der Waals surface area contributed by atoms with Crippen LogP contribution in [0, 0.1) is 6.92 Å². The van der Waals surface area contributed by atoms with Crippen LogP contribution in [-0.2, 0) is 17.9 Å². The lowest BCUT2D eigenvalue weighted by molar-refractivity contribution is -0.120. The van der Waals surface area contributed by atoms with E-state index in [4.69, 9.17) is 19.9 Å². The molecule has 1 aliphatic rings. The number of aromatic nitrogens is 2. The third-order valence-corrected chi connectivity index (χ3v) is 6.91. The summed E-state index contributed by atoms with van der Waals surface area (Å²) < 4.78 is 19.0. The highest BCUT2D eigenvalue weighted by molar-refractivity contribution is 5.97. The second-order valence-corrected chi connectivity index (χ2v) is 9.59. The van der Waals surface area contributed by atoms with E-state index in [-0.39, 0.29) is 5.91 Å². The first-order valence-electron chi connectivity index (χ1n) is 12.5. The van der Waals surface area contributed by atoms with Crippen LogP contribution in [0.5, 0.6) is 17.2 Å². The van der Waals surface area contributed by atoms with Crippen molar-refractivity contribution in [2.75, 3.05) is 51.5 Å². The summed E-state index contributed by atoms with van der Waals surface area (Å²) in [6.45, 7) is 4.85. The molecular formula is C29H33N5O4. The standard InChI is InChI=1S/C29H33N5O4/c1-19-13-21(6-9-25(19)36-3)18-38-26-10-5-20(14-27(26)37-4)16-34-24-8-7-22(15-23(24)31-29(34)30)33-12-11-32(2)17-28(33)35/h5-10,13-15H,11-12,16-18H2,1-4H3,(H2,30,31). The minimum absolute atomic E-state index is 0.0852. The van der Waals surface area contributed by atoms with E-state index in [0.717, 1.165) is 45.7 Å². The lowest BCUT2D eigenvalue weighted by Crippen LogP contribution is -2.48. The number of benzene rings is 3. The molecule has 1 fully saturated rings. The third kappa shape index (κ3) is 5.10. The number of rotatable bonds is 8. The Bertz CT molecular complexity index is 1480. The molecule has 9 nitrogen and oxygen atoms in total. The molecule has 0 spiro atoms. The molecule has 0 atom stereocenters. The Hall–Kier alpha value is -4.24. The van der Waals surface area contributed by atoms with Crippen LogP contribution in [0.25, 0.3) is 11.0 Å². The van der Waals surface area contributed by atoms with E-state index in [2.05, 4.69) is 11.1 Å². The van der Waals surface area contributed by atoms with Gasteiger partial charge in [0.25, 0.3) is 0 Å². The zero-order valence-electron chi connectivity index (χ0n) is 22.2. The summed E-state index contributed by atoms with van der Waals surface area (Å²) >= 11 is 0. The van der Waals surface area contributed by atoms with Crippen LogP contribution in [0.1, 0.15) is 16.7 Å². The van der Waals surface area contributed by atoms with Crippen molar-refractivity contribution >= 4 is 28.6 Å². The SMILES string of the molecule is COc1ccc(COc2ccc(Cn3c(N)nc4cc(N5CCN(C)CC5=O)ccc43)cc2OC)cc1C. The smallest absolute Gasteiger partial charge is 0.241 e. The number of nitrogens with two attached hydrogens (primary N) is 1. The first-order chi connectivity index (χ1) is 18.4. The van der Waals surface area contributed by atoms with Gasteiger partial charge in [-0.25, -0.2) is 4.98 Å². The number of nitrogens with zero attached hydrogens (tertiary/aromatic N) is 4. The summed E-state index contributed by atoms with van der Waals surface area (Å²) in [6, 6.07) is 17.7. The zero-order valence-corrected chi connectivity index (χ0v) is 22.2. The molecule has 1 aromatic heterocycles. The minimum Gasteiger partial charge on any atom is -0.496 e. The molecule has 1 saturated heterocycles. The summed E-state index contributed by atoms with van der Waals surface area (Å²) in [7, 11) is 5.25. The molecule has 38 heavy (non-hydrogen) atoms. The van der Waals surface area contributed by atoms with E-state index in [0.29, 0.717) is 43.7 Å². The maximum absolute atomic E-state index is 12.5. The van der Waals surface area contributed by atoms with Gasteiger partial charge in [-0.3, -0.25) is 9.69 Å². The molecule has 1 aliphatic heterocycles. The number of methoxy groups -OCH3 is 2. The first kappa shape index (κ1) is 25.4. The summed E-state index contributed by atoms with van der Waals surface area (Å²) in [5, 5.41) is 0. The van der Waals surface area contributed by atoms with Gasteiger partial charge in [-0.05, 0) is 73.1 Å². The second-order valence-electron chi connectivity index (χ2n) is 9.59. The second kappa shape index (κ2) is 10.6. The van der Waals surface area contributed by atoms with E-state index < -0.39 is 0 Å². The van der Waals surface area contributed by atoms with Gasteiger partial charge < -0.3 is 29.4 Å². The Morgan fingerprint density at radius 2 is 1.68 bits per heavy atom. The Morgan fingerprint density at radius 1 is 0.921 bits per heavy atom. The third-order valence-electron chi connectivity index (χ3n) is 6.91. The highest BCUT2D eigenvalue weighted by Crippen LogP contribution is 2.31. The quantitative estimate of drug-likeness (QED) is 0.381. The van der Waals surface area contributed by atoms with Crippen LogP contribution < -0.4 is 24.8 Å². The van der Waals surface area contributed by atoms with Gasteiger partial charge >= 0.3 is 0 Å². The fourth-order valence-corrected chi connectivity index (χ4v) is 4.84. The monoisotopic (exact) mass is 515 g/mol. The number of fused-ring (bicyclic) bond motifs is 1. The Labute approximate surface area is 222 Å². The average Bonchev–Trinajstić information content (AvgIpc) is 3.21. The molecule has 0 unspecified atom stereocenters. The number of hydrogen-bond donors (Lipinski definition) is 1. The van der Waals surface area contributed by atoms with E-state index in [1.165, 1.54) is 0 Å². The summed E-state index contributed by atoms with van der Waals surface area (Å²) in [4.78, 5) is 20.9. The maximum Gasteiger partial charge on any atom is 0.241 e. The number of aryl methyl sites for hydroxylation is 1. The fourth-order valence-electron chi connectivity index (χ4n) is 4.84. The number of likely N-dealkylation sites (N-methyl/N-ethyl adjacent to an activating group) is 1. The van der Waals surface area contributed by atoms with Gasteiger partial charge in [0.2, 0.25) is 11.9 Å². The number of hydrogen-bond acceptors (Lipinski definition) is 7. The molecule has 2 N–H and O–H groups in total. The largest absolute Gasteiger partial charge is 0.496 e. The normalized spacial score (nSPS) is 14.2. The number of amides is 1. The van der Waals surface area contributed by atoms with Crippen molar-refractivity contribution in [3.63, 3.8) is 0 Å².